The van der Waals surface area contributed by atoms with Crippen LogP contribution in [-0.4, -0.2) is 55.7 Å². The maximum absolute atomic E-state index is 11.5. The quantitative estimate of drug-likeness (QED) is 0.484. The Morgan fingerprint density at radius 3 is 2.83 bits per heavy atom. The molecule has 0 aromatic rings. The Morgan fingerprint density at radius 1 is 1.56 bits per heavy atom. The van der Waals surface area contributed by atoms with Gasteiger partial charge in [0, 0.05) is 25.7 Å². The first-order chi connectivity index (χ1) is 8.58. The van der Waals surface area contributed by atoms with Crippen molar-refractivity contribution in [1.29, 1.82) is 0 Å². The zero-order chi connectivity index (χ0) is 13.5. The monoisotopic (exact) mass is 257 g/mol. The SMILES string of the molecule is CNC(=O)C1CCC(CN(COC=O)C(C)C)N1. The summed E-state index contributed by atoms with van der Waals surface area (Å²) in [6, 6.07) is 0.469. The predicted octanol–water partition coefficient (Wildman–Crippen LogP) is -0.306. The summed E-state index contributed by atoms with van der Waals surface area (Å²) >= 11 is 0. The number of ether oxygens (including phenoxy) is 1. The van der Waals surface area contributed by atoms with Gasteiger partial charge in [-0.05, 0) is 26.7 Å². The lowest BCUT2D eigenvalue weighted by atomic mass is 10.1. The molecular weight excluding hydrogens is 234 g/mol. The van der Waals surface area contributed by atoms with Gasteiger partial charge in [-0.3, -0.25) is 14.5 Å². The molecule has 6 heteroatoms. The largest absolute Gasteiger partial charge is 0.452 e. The zero-order valence-electron chi connectivity index (χ0n) is 11.3. The van der Waals surface area contributed by atoms with Crippen LogP contribution in [0.1, 0.15) is 26.7 Å². The van der Waals surface area contributed by atoms with Gasteiger partial charge >= 0.3 is 0 Å². The minimum atomic E-state index is -0.0963. The highest BCUT2D eigenvalue weighted by Crippen LogP contribution is 2.14. The van der Waals surface area contributed by atoms with E-state index in [0.717, 1.165) is 19.4 Å². The lowest BCUT2D eigenvalue weighted by Crippen LogP contribution is -2.47. The van der Waals surface area contributed by atoms with Crippen LogP contribution >= 0.6 is 0 Å². The Kier molecular flexibility index (Phi) is 6.07. The summed E-state index contributed by atoms with van der Waals surface area (Å²) < 4.78 is 4.80. The number of nitrogens with one attached hydrogen (secondary N) is 2. The van der Waals surface area contributed by atoms with Crippen molar-refractivity contribution in [2.75, 3.05) is 20.3 Å². The molecule has 1 aliphatic rings. The topological polar surface area (TPSA) is 70.7 Å². The first kappa shape index (κ1) is 14.9. The van der Waals surface area contributed by atoms with Crippen molar-refractivity contribution in [3.05, 3.63) is 0 Å². The molecule has 104 valence electrons. The molecule has 1 fully saturated rings. The first-order valence-electron chi connectivity index (χ1n) is 6.35. The van der Waals surface area contributed by atoms with Crippen LogP contribution in [0.15, 0.2) is 0 Å². The van der Waals surface area contributed by atoms with E-state index in [2.05, 4.69) is 29.4 Å². The molecule has 0 spiro atoms. The number of amides is 1. The third-order valence-corrected chi connectivity index (χ3v) is 3.30. The van der Waals surface area contributed by atoms with Gasteiger partial charge in [0.05, 0.1) is 6.04 Å². The summed E-state index contributed by atoms with van der Waals surface area (Å²) in [4.78, 5) is 23.8. The predicted molar refractivity (Wildman–Crippen MR) is 67.9 cm³/mol. The number of rotatable bonds is 7. The van der Waals surface area contributed by atoms with E-state index in [-0.39, 0.29) is 18.0 Å². The van der Waals surface area contributed by atoms with E-state index in [1.54, 1.807) is 7.05 Å². The summed E-state index contributed by atoms with van der Waals surface area (Å²) in [5, 5.41) is 5.96. The third kappa shape index (κ3) is 4.27. The normalized spacial score (nSPS) is 23.4. The molecule has 0 aliphatic carbocycles. The lowest BCUT2D eigenvalue weighted by Gasteiger charge is -2.28. The Hall–Kier alpha value is -1.14. The molecule has 1 aliphatic heterocycles. The van der Waals surface area contributed by atoms with Gasteiger partial charge in [0.1, 0.15) is 6.73 Å². The number of nitrogens with zero attached hydrogens (tertiary/aromatic N) is 1. The number of carbonyl (C=O) groups is 2. The van der Waals surface area contributed by atoms with Crippen LogP contribution in [0.3, 0.4) is 0 Å². The number of hydrogen-bond donors (Lipinski definition) is 2. The molecule has 1 rings (SSSR count). The fraction of sp³-hybridized carbons (Fsp3) is 0.833. The molecule has 6 nitrogen and oxygen atoms in total. The molecule has 2 N–H and O–H groups in total. The van der Waals surface area contributed by atoms with Gasteiger partial charge in [0.15, 0.2) is 0 Å². The maximum Gasteiger partial charge on any atom is 0.294 e. The second-order valence-electron chi connectivity index (χ2n) is 4.86. The maximum atomic E-state index is 11.5. The first-order valence-corrected chi connectivity index (χ1v) is 6.35. The molecule has 0 aromatic carbocycles. The van der Waals surface area contributed by atoms with Crippen LogP contribution in [0.4, 0.5) is 0 Å². The number of likely N-dealkylation sites (N-methyl/N-ethyl adjacent to an activating group) is 1. The van der Waals surface area contributed by atoms with E-state index in [1.807, 2.05) is 0 Å². The van der Waals surface area contributed by atoms with Crippen LogP contribution in [0.5, 0.6) is 0 Å². The molecule has 0 saturated carbocycles. The van der Waals surface area contributed by atoms with Crippen LogP contribution < -0.4 is 10.6 Å². The number of carbonyl (C=O) groups excluding carboxylic acids is 2. The standard InChI is InChI=1S/C12H23N3O3/c1-9(2)15(7-18-8-16)6-10-4-5-11(14-10)12(17)13-3/h8-11,14H,4-7H2,1-3H3,(H,13,17). The van der Waals surface area contributed by atoms with Crippen molar-refractivity contribution >= 4 is 12.4 Å². The lowest BCUT2D eigenvalue weighted by molar-refractivity contribution is -0.134. The molecule has 0 bridgehead atoms. The van der Waals surface area contributed by atoms with Crippen LogP contribution in [0.25, 0.3) is 0 Å². The molecule has 2 atom stereocenters. The van der Waals surface area contributed by atoms with Gasteiger partial charge < -0.3 is 15.4 Å². The van der Waals surface area contributed by atoms with Crippen LogP contribution in [0, 0.1) is 0 Å². The molecule has 2 unspecified atom stereocenters. The Bertz CT molecular complexity index is 284. The Labute approximate surface area is 108 Å². The summed E-state index contributed by atoms with van der Waals surface area (Å²) in [6.45, 7) is 5.65. The zero-order valence-corrected chi connectivity index (χ0v) is 11.3. The highest BCUT2D eigenvalue weighted by molar-refractivity contribution is 5.81. The Balaban J connectivity index is 2.41. The van der Waals surface area contributed by atoms with Gasteiger partial charge in [0.25, 0.3) is 6.47 Å². The van der Waals surface area contributed by atoms with Gasteiger partial charge in [-0.15, -0.1) is 0 Å². The van der Waals surface area contributed by atoms with Crippen molar-refractivity contribution < 1.29 is 14.3 Å². The Morgan fingerprint density at radius 2 is 2.28 bits per heavy atom. The van der Waals surface area contributed by atoms with Crippen molar-refractivity contribution in [2.45, 2.75) is 44.8 Å². The average Bonchev–Trinajstić information content (AvgIpc) is 2.81. The van der Waals surface area contributed by atoms with Crippen molar-refractivity contribution in [1.82, 2.24) is 15.5 Å². The molecular formula is C12H23N3O3. The van der Waals surface area contributed by atoms with Gasteiger partial charge in [-0.2, -0.15) is 0 Å². The molecule has 0 aromatic heterocycles. The van der Waals surface area contributed by atoms with E-state index in [4.69, 9.17) is 4.74 Å². The summed E-state index contributed by atoms with van der Waals surface area (Å²) in [5.74, 6) is 0.0396. The average molecular weight is 257 g/mol. The second-order valence-corrected chi connectivity index (χ2v) is 4.86. The van der Waals surface area contributed by atoms with Gasteiger partial charge in [0.2, 0.25) is 5.91 Å². The van der Waals surface area contributed by atoms with Crippen LogP contribution in [0.2, 0.25) is 0 Å². The molecule has 1 heterocycles. The van der Waals surface area contributed by atoms with Crippen molar-refractivity contribution in [3.8, 4) is 0 Å². The molecule has 0 radical (unpaired) electrons. The fourth-order valence-electron chi connectivity index (χ4n) is 2.17. The summed E-state index contributed by atoms with van der Waals surface area (Å²) in [5.41, 5.74) is 0. The highest BCUT2D eigenvalue weighted by atomic mass is 16.5. The summed E-state index contributed by atoms with van der Waals surface area (Å²) in [6.07, 6.45) is 1.81. The van der Waals surface area contributed by atoms with Gasteiger partial charge in [-0.25, -0.2) is 0 Å². The van der Waals surface area contributed by atoms with E-state index in [0.29, 0.717) is 19.2 Å². The van der Waals surface area contributed by atoms with E-state index < -0.39 is 0 Å². The van der Waals surface area contributed by atoms with Crippen molar-refractivity contribution in [3.63, 3.8) is 0 Å². The number of hydrogen-bond acceptors (Lipinski definition) is 5. The highest BCUT2D eigenvalue weighted by Gasteiger charge is 2.29. The molecule has 18 heavy (non-hydrogen) atoms. The summed E-state index contributed by atoms with van der Waals surface area (Å²) in [7, 11) is 1.65. The van der Waals surface area contributed by atoms with Crippen LogP contribution in [-0.2, 0) is 14.3 Å². The molecule has 1 saturated heterocycles. The van der Waals surface area contributed by atoms with E-state index >= 15 is 0 Å². The second kappa shape index (κ2) is 7.33. The smallest absolute Gasteiger partial charge is 0.294 e. The van der Waals surface area contributed by atoms with E-state index in [1.165, 1.54) is 0 Å². The molecule has 1 amide bonds. The van der Waals surface area contributed by atoms with Crippen molar-refractivity contribution in [2.24, 2.45) is 0 Å². The van der Waals surface area contributed by atoms with E-state index in [9.17, 15) is 9.59 Å². The fourth-order valence-corrected chi connectivity index (χ4v) is 2.17. The van der Waals surface area contributed by atoms with Gasteiger partial charge in [-0.1, -0.05) is 0 Å². The minimum Gasteiger partial charge on any atom is -0.452 e. The third-order valence-electron chi connectivity index (χ3n) is 3.30. The minimum absolute atomic E-state index is 0.0396.